The van der Waals surface area contributed by atoms with Gasteiger partial charge < -0.3 is 10.6 Å². The van der Waals surface area contributed by atoms with E-state index in [9.17, 15) is 0 Å². The van der Waals surface area contributed by atoms with E-state index in [1.54, 1.807) is 0 Å². The summed E-state index contributed by atoms with van der Waals surface area (Å²) in [6.07, 6.45) is 5.48. The largest absolute Gasteiger partial charge is 0.398 e. The SMILES string of the molecule is Cc1ccc(N2CCC(N3CCCCC3)C2)cc1N. The van der Waals surface area contributed by atoms with Crippen LogP contribution in [0.2, 0.25) is 0 Å². The van der Waals surface area contributed by atoms with Crippen molar-refractivity contribution in [3.05, 3.63) is 23.8 Å². The molecule has 3 heteroatoms. The Balaban J connectivity index is 1.66. The Morgan fingerprint density at radius 1 is 1.11 bits per heavy atom. The highest BCUT2D eigenvalue weighted by molar-refractivity contribution is 5.60. The van der Waals surface area contributed by atoms with Crippen molar-refractivity contribution in [1.29, 1.82) is 0 Å². The fourth-order valence-corrected chi connectivity index (χ4v) is 3.38. The Hall–Kier alpha value is -1.22. The molecule has 0 spiro atoms. The van der Waals surface area contributed by atoms with E-state index in [1.807, 2.05) is 0 Å². The Labute approximate surface area is 116 Å². The second-order valence-electron chi connectivity index (χ2n) is 6.03. The van der Waals surface area contributed by atoms with E-state index < -0.39 is 0 Å². The first-order chi connectivity index (χ1) is 9.24. The minimum Gasteiger partial charge on any atom is -0.398 e. The monoisotopic (exact) mass is 259 g/mol. The van der Waals surface area contributed by atoms with E-state index in [-0.39, 0.29) is 0 Å². The highest BCUT2D eigenvalue weighted by Crippen LogP contribution is 2.27. The summed E-state index contributed by atoms with van der Waals surface area (Å²) in [4.78, 5) is 5.19. The van der Waals surface area contributed by atoms with Crippen LogP contribution in [0.25, 0.3) is 0 Å². The Morgan fingerprint density at radius 2 is 1.89 bits per heavy atom. The first-order valence-electron chi connectivity index (χ1n) is 7.59. The fourth-order valence-electron chi connectivity index (χ4n) is 3.38. The van der Waals surface area contributed by atoms with Gasteiger partial charge in [0.05, 0.1) is 0 Å². The van der Waals surface area contributed by atoms with Gasteiger partial charge in [0.2, 0.25) is 0 Å². The van der Waals surface area contributed by atoms with Crippen LogP contribution in [0, 0.1) is 6.92 Å². The van der Waals surface area contributed by atoms with Gasteiger partial charge in [-0.15, -0.1) is 0 Å². The van der Waals surface area contributed by atoms with Crippen molar-refractivity contribution < 1.29 is 0 Å². The van der Waals surface area contributed by atoms with Crippen molar-refractivity contribution in [1.82, 2.24) is 4.90 Å². The fraction of sp³-hybridized carbons (Fsp3) is 0.625. The number of piperidine rings is 1. The van der Waals surface area contributed by atoms with Gasteiger partial charge in [0.15, 0.2) is 0 Å². The maximum Gasteiger partial charge on any atom is 0.0387 e. The number of nitrogen functional groups attached to an aromatic ring is 1. The Morgan fingerprint density at radius 3 is 2.63 bits per heavy atom. The normalized spacial score (nSPS) is 24.9. The van der Waals surface area contributed by atoms with Crippen LogP contribution < -0.4 is 10.6 Å². The lowest BCUT2D eigenvalue weighted by Gasteiger charge is -2.32. The van der Waals surface area contributed by atoms with Gasteiger partial charge in [-0.1, -0.05) is 12.5 Å². The Kier molecular flexibility index (Phi) is 3.65. The molecule has 3 rings (SSSR count). The van der Waals surface area contributed by atoms with Crippen LogP contribution in [-0.4, -0.2) is 37.1 Å². The number of aryl methyl sites for hydroxylation is 1. The molecule has 1 unspecified atom stereocenters. The summed E-state index contributed by atoms with van der Waals surface area (Å²) in [7, 11) is 0. The van der Waals surface area contributed by atoms with E-state index in [0.717, 1.165) is 11.7 Å². The third-order valence-corrected chi connectivity index (χ3v) is 4.70. The first-order valence-corrected chi connectivity index (χ1v) is 7.59. The number of anilines is 2. The lowest BCUT2D eigenvalue weighted by atomic mass is 10.1. The molecule has 2 aliphatic rings. The molecule has 2 saturated heterocycles. The maximum atomic E-state index is 6.03. The van der Waals surface area contributed by atoms with Crippen molar-refractivity contribution in [3.8, 4) is 0 Å². The number of nitrogens with two attached hydrogens (primary N) is 1. The zero-order valence-corrected chi connectivity index (χ0v) is 11.9. The summed E-state index contributed by atoms with van der Waals surface area (Å²) in [5.41, 5.74) is 9.41. The summed E-state index contributed by atoms with van der Waals surface area (Å²) in [5, 5.41) is 0. The third-order valence-electron chi connectivity index (χ3n) is 4.70. The number of hydrogen-bond acceptors (Lipinski definition) is 3. The first kappa shape index (κ1) is 12.8. The standard InChI is InChI=1S/C16H25N3/c1-13-5-6-14(11-16(13)17)19-10-7-15(12-19)18-8-3-2-4-9-18/h5-6,11,15H,2-4,7-10,12,17H2,1H3. The lowest BCUT2D eigenvalue weighted by Crippen LogP contribution is -2.40. The van der Waals surface area contributed by atoms with E-state index in [1.165, 1.54) is 63.1 Å². The molecule has 0 aliphatic carbocycles. The average Bonchev–Trinajstić information content (AvgIpc) is 2.93. The van der Waals surface area contributed by atoms with Gasteiger partial charge in [-0.2, -0.15) is 0 Å². The number of nitrogens with zero attached hydrogens (tertiary/aromatic N) is 2. The molecule has 1 aromatic carbocycles. The molecule has 104 valence electrons. The van der Waals surface area contributed by atoms with E-state index in [4.69, 9.17) is 5.73 Å². The van der Waals surface area contributed by atoms with Gasteiger partial charge in [0, 0.05) is 30.5 Å². The minimum atomic E-state index is 0.753. The predicted octanol–water partition coefficient (Wildman–Crippen LogP) is 2.64. The molecule has 2 heterocycles. The zero-order chi connectivity index (χ0) is 13.2. The van der Waals surface area contributed by atoms with Gasteiger partial charge in [0.1, 0.15) is 0 Å². The molecular formula is C16H25N3. The molecule has 0 bridgehead atoms. The maximum absolute atomic E-state index is 6.03. The molecule has 19 heavy (non-hydrogen) atoms. The summed E-state index contributed by atoms with van der Waals surface area (Å²) < 4.78 is 0. The molecule has 2 fully saturated rings. The molecule has 0 saturated carbocycles. The van der Waals surface area contributed by atoms with E-state index >= 15 is 0 Å². The lowest BCUT2D eigenvalue weighted by molar-refractivity contribution is 0.175. The topological polar surface area (TPSA) is 32.5 Å². The minimum absolute atomic E-state index is 0.753. The van der Waals surface area contributed by atoms with Crippen molar-refractivity contribution in [2.75, 3.05) is 36.8 Å². The number of likely N-dealkylation sites (tertiary alicyclic amines) is 1. The molecular weight excluding hydrogens is 234 g/mol. The highest BCUT2D eigenvalue weighted by Gasteiger charge is 2.28. The van der Waals surface area contributed by atoms with Crippen molar-refractivity contribution in [3.63, 3.8) is 0 Å². The zero-order valence-electron chi connectivity index (χ0n) is 11.9. The second kappa shape index (κ2) is 5.41. The van der Waals surface area contributed by atoms with Gasteiger partial charge >= 0.3 is 0 Å². The molecule has 0 amide bonds. The van der Waals surface area contributed by atoms with Crippen LogP contribution >= 0.6 is 0 Å². The summed E-state index contributed by atoms with van der Waals surface area (Å²) in [5.74, 6) is 0. The van der Waals surface area contributed by atoms with Crippen LogP contribution in [0.1, 0.15) is 31.2 Å². The third kappa shape index (κ3) is 2.71. The van der Waals surface area contributed by atoms with Crippen LogP contribution in [0.5, 0.6) is 0 Å². The molecule has 0 radical (unpaired) electrons. The Bertz CT molecular complexity index is 438. The highest BCUT2D eigenvalue weighted by atomic mass is 15.3. The number of rotatable bonds is 2. The smallest absolute Gasteiger partial charge is 0.0387 e. The summed E-state index contributed by atoms with van der Waals surface area (Å²) >= 11 is 0. The second-order valence-corrected chi connectivity index (χ2v) is 6.03. The average molecular weight is 259 g/mol. The van der Waals surface area contributed by atoms with Crippen LogP contribution in [0.4, 0.5) is 11.4 Å². The molecule has 1 atom stereocenters. The van der Waals surface area contributed by atoms with Crippen molar-refractivity contribution in [2.45, 2.75) is 38.6 Å². The van der Waals surface area contributed by atoms with Crippen LogP contribution in [0.3, 0.4) is 0 Å². The van der Waals surface area contributed by atoms with Crippen LogP contribution in [0.15, 0.2) is 18.2 Å². The van der Waals surface area contributed by atoms with E-state index in [2.05, 4.69) is 34.9 Å². The quantitative estimate of drug-likeness (QED) is 0.829. The van der Waals surface area contributed by atoms with Crippen LogP contribution in [-0.2, 0) is 0 Å². The summed E-state index contributed by atoms with van der Waals surface area (Å²) in [6.45, 7) is 7.01. The van der Waals surface area contributed by atoms with Gasteiger partial charge in [-0.25, -0.2) is 0 Å². The number of benzene rings is 1. The molecule has 2 N–H and O–H groups in total. The molecule has 1 aromatic rings. The molecule has 2 aliphatic heterocycles. The van der Waals surface area contributed by atoms with Gasteiger partial charge in [0.25, 0.3) is 0 Å². The van der Waals surface area contributed by atoms with E-state index in [0.29, 0.717) is 0 Å². The number of hydrogen-bond donors (Lipinski definition) is 1. The van der Waals surface area contributed by atoms with Crippen molar-refractivity contribution >= 4 is 11.4 Å². The molecule has 3 nitrogen and oxygen atoms in total. The molecule has 0 aromatic heterocycles. The van der Waals surface area contributed by atoms with Crippen molar-refractivity contribution in [2.24, 2.45) is 0 Å². The van der Waals surface area contributed by atoms with Gasteiger partial charge in [-0.3, -0.25) is 4.90 Å². The summed E-state index contributed by atoms with van der Waals surface area (Å²) in [6, 6.07) is 7.24. The predicted molar refractivity (Wildman–Crippen MR) is 81.6 cm³/mol. The van der Waals surface area contributed by atoms with Gasteiger partial charge in [-0.05, 0) is 57.0 Å².